The maximum atomic E-state index is 10.7. The second-order valence-corrected chi connectivity index (χ2v) is 4.86. The van der Waals surface area contributed by atoms with Crippen LogP contribution in [0.3, 0.4) is 0 Å². The Morgan fingerprint density at radius 2 is 1.84 bits per heavy atom. The Hall–Kier alpha value is -2.13. The van der Waals surface area contributed by atoms with Gasteiger partial charge in [-0.25, -0.2) is 8.97 Å². The van der Waals surface area contributed by atoms with Gasteiger partial charge in [0, 0.05) is 17.2 Å². The Morgan fingerprint density at radius 3 is 2.53 bits per heavy atom. The molecule has 0 N–H and O–H groups in total. The van der Waals surface area contributed by atoms with Crippen molar-refractivity contribution in [1.29, 1.82) is 0 Å². The fraction of sp³-hybridized carbons (Fsp3) is 0.0667. The Balaban J connectivity index is 2.18. The summed E-state index contributed by atoms with van der Waals surface area (Å²) in [5.74, 6) is 0. The van der Waals surface area contributed by atoms with Gasteiger partial charge in [-0.2, -0.15) is 0 Å². The number of hydrogen-bond acceptors (Lipinski definition) is 1. The molecule has 2 aromatic heterocycles. The molecular formula is C15H12ClN2O+. The smallest absolute Gasteiger partial charge is 0.286 e. The molecule has 0 saturated carbocycles. The van der Waals surface area contributed by atoms with Gasteiger partial charge in [0.15, 0.2) is 5.69 Å². The molecule has 0 fully saturated rings. The van der Waals surface area contributed by atoms with Crippen molar-refractivity contribution in [2.24, 2.45) is 7.05 Å². The number of aldehydes is 1. The zero-order chi connectivity index (χ0) is 13.4. The highest BCUT2D eigenvalue weighted by Crippen LogP contribution is 2.20. The van der Waals surface area contributed by atoms with Crippen molar-refractivity contribution in [2.45, 2.75) is 0 Å². The Labute approximate surface area is 115 Å². The van der Waals surface area contributed by atoms with E-state index in [-0.39, 0.29) is 0 Å². The van der Waals surface area contributed by atoms with Gasteiger partial charge in [0.2, 0.25) is 0 Å². The van der Waals surface area contributed by atoms with E-state index in [4.69, 9.17) is 11.6 Å². The van der Waals surface area contributed by atoms with Crippen LogP contribution in [0.2, 0.25) is 5.02 Å². The normalized spacial score (nSPS) is 10.8. The lowest BCUT2D eigenvalue weighted by Crippen LogP contribution is -2.17. The summed E-state index contributed by atoms with van der Waals surface area (Å²) in [4.78, 5) is 10.7. The molecule has 0 bridgehead atoms. The molecule has 0 aliphatic heterocycles. The average Bonchev–Trinajstić information content (AvgIpc) is 2.75. The zero-order valence-electron chi connectivity index (χ0n) is 10.4. The standard InChI is InChI=1S/C15H12ClN2O/c1-17-14(12-4-2-11(10-19)3-5-12)9-18-8-13(16)6-7-15(17)18/h2-10H,1H3/q+1. The number of carbonyl (C=O) groups is 1. The lowest BCUT2D eigenvalue weighted by Gasteiger charge is -1.97. The van der Waals surface area contributed by atoms with Crippen LogP contribution in [0.5, 0.6) is 0 Å². The molecule has 2 heterocycles. The zero-order valence-corrected chi connectivity index (χ0v) is 11.1. The minimum Gasteiger partial charge on any atom is -0.298 e. The van der Waals surface area contributed by atoms with Gasteiger partial charge in [0.1, 0.15) is 18.7 Å². The fourth-order valence-electron chi connectivity index (χ4n) is 2.21. The van der Waals surface area contributed by atoms with Crippen molar-refractivity contribution in [3.8, 4) is 11.3 Å². The van der Waals surface area contributed by atoms with E-state index in [1.165, 1.54) is 0 Å². The highest BCUT2D eigenvalue weighted by molar-refractivity contribution is 6.30. The van der Waals surface area contributed by atoms with Gasteiger partial charge in [0.25, 0.3) is 5.65 Å². The highest BCUT2D eigenvalue weighted by atomic mass is 35.5. The van der Waals surface area contributed by atoms with Crippen LogP contribution in [0.1, 0.15) is 10.4 Å². The first-order valence-corrected chi connectivity index (χ1v) is 6.29. The number of imidazole rings is 1. The first-order valence-electron chi connectivity index (χ1n) is 5.91. The molecule has 3 aromatic rings. The number of benzene rings is 1. The van der Waals surface area contributed by atoms with Gasteiger partial charge in [-0.3, -0.25) is 4.79 Å². The number of pyridine rings is 1. The lowest BCUT2D eigenvalue weighted by molar-refractivity contribution is -0.510. The molecule has 0 unspecified atom stereocenters. The van der Waals surface area contributed by atoms with E-state index in [1.807, 2.05) is 60.2 Å². The molecular weight excluding hydrogens is 260 g/mol. The number of aryl methyl sites for hydroxylation is 1. The molecule has 3 rings (SSSR count). The second-order valence-electron chi connectivity index (χ2n) is 4.43. The summed E-state index contributed by atoms with van der Waals surface area (Å²) in [5, 5.41) is 0.700. The van der Waals surface area contributed by atoms with E-state index in [0.717, 1.165) is 23.2 Å². The molecule has 19 heavy (non-hydrogen) atoms. The summed E-state index contributed by atoms with van der Waals surface area (Å²) < 4.78 is 4.08. The van der Waals surface area contributed by atoms with Crippen LogP contribution in [0.25, 0.3) is 16.9 Å². The van der Waals surface area contributed by atoms with Crippen LogP contribution in [0, 0.1) is 0 Å². The molecule has 0 spiro atoms. The highest BCUT2D eigenvalue weighted by Gasteiger charge is 2.15. The SMILES string of the molecule is Cn1c(-c2ccc(C=O)cc2)c[n+]2cc(Cl)ccc12. The number of nitrogens with zero attached hydrogens (tertiary/aromatic N) is 2. The fourth-order valence-corrected chi connectivity index (χ4v) is 2.38. The van der Waals surface area contributed by atoms with Gasteiger partial charge < -0.3 is 0 Å². The van der Waals surface area contributed by atoms with Crippen LogP contribution < -0.4 is 4.40 Å². The van der Waals surface area contributed by atoms with E-state index >= 15 is 0 Å². The summed E-state index contributed by atoms with van der Waals surface area (Å²) in [6.07, 6.45) is 4.75. The predicted molar refractivity (Wildman–Crippen MR) is 74.4 cm³/mol. The van der Waals surface area contributed by atoms with Crippen molar-refractivity contribution in [3.05, 3.63) is 59.4 Å². The maximum absolute atomic E-state index is 10.7. The monoisotopic (exact) mass is 271 g/mol. The summed E-state index contributed by atoms with van der Waals surface area (Å²) in [7, 11) is 2.01. The predicted octanol–water partition coefficient (Wildman–Crippen LogP) is 2.90. The third-order valence-electron chi connectivity index (χ3n) is 3.23. The van der Waals surface area contributed by atoms with Gasteiger partial charge >= 0.3 is 0 Å². The number of rotatable bonds is 2. The molecule has 0 saturated heterocycles. The number of fused-ring (bicyclic) bond motifs is 1. The summed E-state index contributed by atoms with van der Waals surface area (Å²) in [6, 6.07) is 11.4. The summed E-state index contributed by atoms with van der Waals surface area (Å²) in [5.41, 5.74) is 3.87. The quantitative estimate of drug-likeness (QED) is 0.520. The van der Waals surface area contributed by atoms with Crippen molar-refractivity contribution in [1.82, 2.24) is 4.57 Å². The third kappa shape index (κ3) is 2.02. The topological polar surface area (TPSA) is 26.1 Å². The van der Waals surface area contributed by atoms with Crippen molar-refractivity contribution < 1.29 is 9.20 Å². The molecule has 0 atom stereocenters. The molecule has 3 nitrogen and oxygen atoms in total. The second kappa shape index (κ2) is 4.52. The first-order chi connectivity index (χ1) is 9.19. The van der Waals surface area contributed by atoms with E-state index in [9.17, 15) is 4.79 Å². The van der Waals surface area contributed by atoms with Gasteiger partial charge in [-0.15, -0.1) is 0 Å². The number of halogens is 1. The van der Waals surface area contributed by atoms with Crippen LogP contribution in [0.15, 0.2) is 48.8 Å². The molecule has 0 aliphatic rings. The van der Waals surface area contributed by atoms with Crippen LogP contribution in [-0.2, 0) is 7.05 Å². The summed E-state index contributed by atoms with van der Waals surface area (Å²) >= 11 is 6.00. The van der Waals surface area contributed by atoms with Crippen LogP contribution in [-0.4, -0.2) is 10.9 Å². The third-order valence-corrected chi connectivity index (χ3v) is 3.45. The maximum Gasteiger partial charge on any atom is 0.286 e. The van der Waals surface area contributed by atoms with Crippen LogP contribution in [0.4, 0.5) is 0 Å². The number of hydrogen-bond donors (Lipinski definition) is 0. The number of aromatic nitrogens is 2. The van der Waals surface area contributed by atoms with Gasteiger partial charge in [0.05, 0.1) is 12.1 Å². The minimum absolute atomic E-state index is 0.679. The number of carbonyl (C=O) groups excluding carboxylic acids is 1. The molecule has 94 valence electrons. The Bertz CT molecular complexity index is 760. The molecule has 0 amide bonds. The van der Waals surface area contributed by atoms with Crippen molar-refractivity contribution >= 4 is 23.5 Å². The van der Waals surface area contributed by atoms with E-state index in [1.54, 1.807) is 0 Å². The Kier molecular flexibility index (Phi) is 2.84. The largest absolute Gasteiger partial charge is 0.298 e. The Morgan fingerprint density at radius 1 is 1.11 bits per heavy atom. The van der Waals surface area contributed by atoms with Gasteiger partial charge in [-0.05, 0) is 18.2 Å². The van der Waals surface area contributed by atoms with E-state index in [0.29, 0.717) is 10.6 Å². The van der Waals surface area contributed by atoms with Crippen molar-refractivity contribution in [3.63, 3.8) is 0 Å². The van der Waals surface area contributed by atoms with Crippen molar-refractivity contribution in [2.75, 3.05) is 0 Å². The van der Waals surface area contributed by atoms with E-state index < -0.39 is 0 Å². The molecule has 0 radical (unpaired) electrons. The lowest BCUT2D eigenvalue weighted by atomic mass is 10.1. The van der Waals surface area contributed by atoms with E-state index in [2.05, 4.69) is 4.57 Å². The molecule has 4 heteroatoms. The minimum atomic E-state index is 0.679. The van der Waals surface area contributed by atoms with Gasteiger partial charge in [-0.1, -0.05) is 23.7 Å². The average molecular weight is 272 g/mol. The summed E-state index contributed by atoms with van der Waals surface area (Å²) in [6.45, 7) is 0. The van der Waals surface area contributed by atoms with Crippen LogP contribution >= 0.6 is 11.6 Å². The first kappa shape index (κ1) is 11.9. The molecule has 1 aromatic carbocycles. The molecule has 0 aliphatic carbocycles.